The highest BCUT2D eigenvalue weighted by Crippen LogP contribution is 2.37. The van der Waals surface area contributed by atoms with Gasteiger partial charge in [-0.1, -0.05) is 18.2 Å². The molecule has 2 rings (SSSR count). The van der Waals surface area contributed by atoms with E-state index in [-0.39, 0.29) is 25.2 Å². The summed E-state index contributed by atoms with van der Waals surface area (Å²) in [5.41, 5.74) is 4.89. The van der Waals surface area contributed by atoms with Gasteiger partial charge in [0.2, 0.25) is 0 Å². The molecule has 2 N–H and O–H groups in total. The average Bonchev–Trinajstić information content (AvgIpc) is 2.69. The van der Waals surface area contributed by atoms with E-state index in [0.29, 0.717) is 24.0 Å². The standard InChI is InChI=1S/C21H22F6NO2S/c22-20(23,24)16-6-3-14(4-7-16)2-1-11-30-18-8-5-15(9-10-19(28,31)13-29)12-17(18)21(25,26)27/h3-8,12,31H,1-2,9-11,13,28H2/q-1. The Balaban J connectivity index is 1.97. The van der Waals surface area contributed by atoms with Crippen molar-refractivity contribution in [3.63, 3.8) is 0 Å². The van der Waals surface area contributed by atoms with Gasteiger partial charge in [-0.25, -0.2) is 0 Å². The summed E-state index contributed by atoms with van der Waals surface area (Å²) < 4.78 is 83.2. The fourth-order valence-corrected chi connectivity index (χ4v) is 2.94. The van der Waals surface area contributed by atoms with E-state index in [1.807, 2.05) is 0 Å². The number of thiol groups is 1. The van der Waals surface area contributed by atoms with E-state index in [0.717, 1.165) is 18.2 Å². The Hall–Kier alpha value is -1.91. The Morgan fingerprint density at radius 1 is 0.871 bits per heavy atom. The van der Waals surface area contributed by atoms with Crippen LogP contribution in [-0.2, 0) is 25.2 Å². The van der Waals surface area contributed by atoms with Crippen molar-refractivity contribution in [2.24, 2.45) is 5.73 Å². The van der Waals surface area contributed by atoms with E-state index in [4.69, 9.17) is 10.5 Å². The molecule has 172 valence electrons. The molecule has 0 fully saturated rings. The molecule has 0 amide bonds. The summed E-state index contributed by atoms with van der Waals surface area (Å²) in [6.07, 6.45) is -8.12. The fraction of sp³-hybridized carbons (Fsp3) is 0.429. The Kier molecular flexibility index (Phi) is 8.29. The number of hydrogen-bond donors (Lipinski definition) is 2. The number of ether oxygens (including phenoxy) is 1. The molecule has 10 heteroatoms. The average molecular weight is 466 g/mol. The van der Waals surface area contributed by atoms with Gasteiger partial charge in [0.25, 0.3) is 0 Å². The second-order valence-electron chi connectivity index (χ2n) is 7.22. The number of nitrogens with two attached hydrogens (primary N) is 1. The van der Waals surface area contributed by atoms with Crippen LogP contribution in [0.15, 0.2) is 42.5 Å². The highest BCUT2D eigenvalue weighted by molar-refractivity contribution is 7.81. The Bertz CT molecular complexity index is 850. The van der Waals surface area contributed by atoms with Crippen molar-refractivity contribution in [3.05, 3.63) is 64.7 Å². The molecule has 2 aromatic carbocycles. The number of halogens is 6. The first kappa shape index (κ1) is 25.4. The minimum atomic E-state index is -4.64. The van der Waals surface area contributed by atoms with E-state index in [1.54, 1.807) is 0 Å². The van der Waals surface area contributed by atoms with Gasteiger partial charge < -0.3 is 15.6 Å². The molecular weight excluding hydrogens is 444 g/mol. The largest absolute Gasteiger partial charge is 0.853 e. The van der Waals surface area contributed by atoms with Crippen molar-refractivity contribution in [3.8, 4) is 5.75 Å². The smallest absolute Gasteiger partial charge is 0.419 e. The van der Waals surface area contributed by atoms with Crippen molar-refractivity contribution in [2.45, 2.75) is 42.9 Å². The van der Waals surface area contributed by atoms with Gasteiger partial charge in [0.05, 0.1) is 17.7 Å². The van der Waals surface area contributed by atoms with Crippen LogP contribution in [-0.4, -0.2) is 18.1 Å². The molecule has 0 bridgehead atoms. The molecule has 0 heterocycles. The molecule has 0 aliphatic heterocycles. The highest BCUT2D eigenvalue weighted by atomic mass is 32.1. The van der Waals surface area contributed by atoms with Crippen LogP contribution in [0.4, 0.5) is 26.3 Å². The van der Waals surface area contributed by atoms with Crippen LogP contribution < -0.4 is 15.6 Å². The van der Waals surface area contributed by atoms with Gasteiger partial charge in [-0.3, -0.25) is 0 Å². The van der Waals surface area contributed by atoms with E-state index in [2.05, 4.69) is 12.6 Å². The van der Waals surface area contributed by atoms with E-state index < -0.39 is 35.0 Å². The Morgan fingerprint density at radius 2 is 1.48 bits per heavy atom. The van der Waals surface area contributed by atoms with Crippen molar-refractivity contribution < 1.29 is 36.2 Å². The van der Waals surface area contributed by atoms with Gasteiger partial charge in [0.15, 0.2) is 0 Å². The molecule has 0 radical (unpaired) electrons. The number of alkyl halides is 6. The summed E-state index contributed by atoms with van der Waals surface area (Å²) in [7, 11) is 0. The normalized spacial score (nSPS) is 14.4. The number of rotatable bonds is 9. The summed E-state index contributed by atoms with van der Waals surface area (Å²) >= 11 is 3.99. The third-order valence-corrected chi connectivity index (χ3v) is 4.95. The van der Waals surface area contributed by atoms with Crippen molar-refractivity contribution >= 4 is 12.6 Å². The molecule has 31 heavy (non-hydrogen) atoms. The Morgan fingerprint density at radius 3 is 2.03 bits per heavy atom. The molecule has 0 aromatic heterocycles. The molecule has 2 aromatic rings. The Labute approximate surface area is 181 Å². The quantitative estimate of drug-likeness (QED) is 0.246. The van der Waals surface area contributed by atoms with Crippen LogP contribution in [0, 0.1) is 0 Å². The maximum atomic E-state index is 13.4. The topological polar surface area (TPSA) is 58.3 Å². The summed E-state index contributed by atoms with van der Waals surface area (Å²) in [4.78, 5) is -1.30. The maximum Gasteiger partial charge on any atom is 0.419 e. The lowest BCUT2D eigenvalue weighted by Crippen LogP contribution is -2.43. The minimum Gasteiger partial charge on any atom is -0.853 e. The SMILES string of the molecule is NC(S)(C[O-])CCc1ccc(OCCCc2ccc(C(F)(F)F)cc2)c(C(F)(F)F)c1. The summed E-state index contributed by atoms with van der Waals surface area (Å²) in [5, 5.41) is 10.9. The zero-order valence-electron chi connectivity index (χ0n) is 16.4. The van der Waals surface area contributed by atoms with Gasteiger partial charge in [0, 0.05) is 4.87 Å². The van der Waals surface area contributed by atoms with Crippen LogP contribution in [0.1, 0.15) is 35.1 Å². The van der Waals surface area contributed by atoms with Crippen molar-refractivity contribution in [2.75, 3.05) is 13.2 Å². The number of benzene rings is 2. The minimum absolute atomic E-state index is 0.0395. The van der Waals surface area contributed by atoms with E-state index in [9.17, 15) is 31.4 Å². The van der Waals surface area contributed by atoms with Crippen molar-refractivity contribution in [1.82, 2.24) is 0 Å². The summed E-state index contributed by atoms with van der Waals surface area (Å²) in [6.45, 7) is -0.704. The van der Waals surface area contributed by atoms with Gasteiger partial charge >= 0.3 is 12.4 Å². The van der Waals surface area contributed by atoms with Crippen LogP contribution in [0.25, 0.3) is 0 Å². The molecule has 0 saturated carbocycles. The molecule has 1 atom stereocenters. The lowest BCUT2D eigenvalue weighted by molar-refractivity contribution is -0.374. The van der Waals surface area contributed by atoms with Crippen LogP contribution >= 0.6 is 12.6 Å². The third-order valence-electron chi connectivity index (χ3n) is 4.59. The summed E-state index contributed by atoms with van der Waals surface area (Å²) in [5.74, 6) is -0.336. The fourth-order valence-electron chi connectivity index (χ4n) is 2.83. The van der Waals surface area contributed by atoms with Crippen LogP contribution in [0.5, 0.6) is 5.75 Å². The zero-order chi connectivity index (χ0) is 23.3. The molecule has 3 nitrogen and oxygen atoms in total. The number of aryl methyl sites for hydroxylation is 2. The number of hydrogen-bond acceptors (Lipinski definition) is 4. The third kappa shape index (κ3) is 7.93. The molecule has 1 unspecified atom stereocenters. The van der Waals surface area contributed by atoms with Crippen molar-refractivity contribution in [1.29, 1.82) is 0 Å². The second-order valence-corrected chi connectivity index (χ2v) is 8.11. The van der Waals surface area contributed by atoms with Gasteiger partial charge in [-0.15, -0.1) is 6.61 Å². The monoisotopic (exact) mass is 466 g/mol. The maximum absolute atomic E-state index is 13.4. The molecule has 0 saturated heterocycles. The first-order valence-electron chi connectivity index (χ1n) is 9.40. The predicted molar refractivity (Wildman–Crippen MR) is 106 cm³/mol. The van der Waals surface area contributed by atoms with E-state index >= 15 is 0 Å². The first-order chi connectivity index (χ1) is 14.3. The molecule has 0 spiro atoms. The van der Waals surface area contributed by atoms with E-state index in [1.165, 1.54) is 24.3 Å². The lowest BCUT2D eigenvalue weighted by Gasteiger charge is -2.27. The lowest BCUT2D eigenvalue weighted by atomic mass is 10.0. The molecular formula is C21H22F6NO2S-. The zero-order valence-corrected chi connectivity index (χ0v) is 17.3. The van der Waals surface area contributed by atoms with Gasteiger partial charge in [-0.2, -0.15) is 39.0 Å². The molecule has 0 aliphatic carbocycles. The molecule has 0 aliphatic rings. The van der Waals surface area contributed by atoms with Crippen LogP contribution in [0.3, 0.4) is 0 Å². The van der Waals surface area contributed by atoms with Crippen LogP contribution in [0.2, 0.25) is 0 Å². The highest BCUT2D eigenvalue weighted by Gasteiger charge is 2.35. The summed E-state index contributed by atoms with van der Waals surface area (Å²) in [6, 6.07) is 8.23. The predicted octanol–water partition coefficient (Wildman–Crippen LogP) is 4.61. The van der Waals surface area contributed by atoms with Gasteiger partial charge in [0.1, 0.15) is 5.75 Å². The first-order valence-corrected chi connectivity index (χ1v) is 9.85. The second kappa shape index (κ2) is 10.1. The van der Waals surface area contributed by atoms with Gasteiger partial charge in [-0.05, 0) is 61.1 Å².